The summed E-state index contributed by atoms with van der Waals surface area (Å²) < 4.78 is 13.0. The van der Waals surface area contributed by atoms with Gasteiger partial charge >= 0.3 is 0 Å². The van der Waals surface area contributed by atoms with Gasteiger partial charge in [-0.2, -0.15) is 0 Å². The van der Waals surface area contributed by atoms with E-state index >= 15 is 0 Å². The Balaban J connectivity index is 1.94. The van der Waals surface area contributed by atoms with Crippen LogP contribution in [0.2, 0.25) is 0 Å². The Hall–Kier alpha value is -1.94. The first-order valence-electron chi connectivity index (χ1n) is 5.75. The normalized spacial score (nSPS) is 10.6. The van der Waals surface area contributed by atoms with Gasteiger partial charge in [0.25, 0.3) is 0 Å². The molecule has 0 amide bonds. The fourth-order valence-electron chi connectivity index (χ4n) is 1.76. The summed E-state index contributed by atoms with van der Waals surface area (Å²) in [5.74, 6) is -0.485. The molecule has 1 heterocycles. The summed E-state index contributed by atoms with van der Waals surface area (Å²) in [6.45, 7) is 3.10. The van der Waals surface area contributed by atoms with E-state index in [-0.39, 0.29) is 5.75 Å². The SMILES string of the molecule is Cc1cccnc1CNCc1cc(O)cc(F)c1. The molecule has 94 valence electrons. The number of benzene rings is 1. The van der Waals surface area contributed by atoms with E-state index in [1.54, 1.807) is 12.3 Å². The topological polar surface area (TPSA) is 45.2 Å². The molecule has 0 radical (unpaired) electrons. The van der Waals surface area contributed by atoms with Crippen molar-refractivity contribution in [3.05, 3.63) is 59.2 Å². The predicted octanol–water partition coefficient (Wildman–Crippen LogP) is 2.52. The highest BCUT2D eigenvalue weighted by molar-refractivity contribution is 5.28. The molecule has 0 aliphatic rings. The van der Waals surface area contributed by atoms with Crippen molar-refractivity contribution in [3.63, 3.8) is 0 Å². The van der Waals surface area contributed by atoms with Crippen LogP contribution in [-0.4, -0.2) is 10.1 Å². The van der Waals surface area contributed by atoms with E-state index in [1.165, 1.54) is 6.07 Å². The molecular formula is C14H15FN2O. The average molecular weight is 246 g/mol. The second-order valence-corrected chi connectivity index (χ2v) is 4.19. The monoisotopic (exact) mass is 246 g/mol. The van der Waals surface area contributed by atoms with Gasteiger partial charge < -0.3 is 10.4 Å². The fourth-order valence-corrected chi connectivity index (χ4v) is 1.76. The fraction of sp³-hybridized carbons (Fsp3) is 0.214. The Bertz CT molecular complexity index is 523. The van der Waals surface area contributed by atoms with Crippen LogP contribution < -0.4 is 5.32 Å². The molecule has 0 atom stereocenters. The largest absolute Gasteiger partial charge is 0.508 e. The first-order chi connectivity index (χ1) is 8.65. The van der Waals surface area contributed by atoms with Crippen LogP contribution in [0.1, 0.15) is 16.8 Å². The highest BCUT2D eigenvalue weighted by Crippen LogP contribution is 2.14. The number of aromatic hydroxyl groups is 1. The minimum absolute atomic E-state index is 0.0548. The Labute approximate surface area is 105 Å². The molecule has 18 heavy (non-hydrogen) atoms. The first-order valence-corrected chi connectivity index (χ1v) is 5.75. The van der Waals surface area contributed by atoms with Gasteiger partial charge in [0.2, 0.25) is 0 Å². The maximum Gasteiger partial charge on any atom is 0.127 e. The van der Waals surface area contributed by atoms with E-state index < -0.39 is 5.82 Å². The van der Waals surface area contributed by atoms with Gasteiger partial charge in [-0.1, -0.05) is 6.07 Å². The summed E-state index contributed by atoms with van der Waals surface area (Å²) in [5.41, 5.74) is 2.80. The van der Waals surface area contributed by atoms with Gasteiger partial charge in [0, 0.05) is 25.4 Å². The third-order valence-corrected chi connectivity index (χ3v) is 2.68. The second kappa shape index (κ2) is 5.60. The number of halogens is 1. The molecule has 0 saturated carbocycles. The molecule has 3 nitrogen and oxygen atoms in total. The molecule has 4 heteroatoms. The van der Waals surface area contributed by atoms with Crippen molar-refractivity contribution < 1.29 is 9.50 Å². The third kappa shape index (κ3) is 3.28. The van der Waals surface area contributed by atoms with Gasteiger partial charge in [-0.25, -0.2) is 4.39 Å². The highest BCUT2D eigenvalue weighted by Gasteiger charge is 2.01. The van der Waals surface area contributed by atoms with E-state index in [2.05, 4.69) is 10.3 Å². The number of phenolic OH excluding ortho intramolecular Hbond substituents is 1. The number of pyridine rings is 1. The Kier molecular flexibility index (Phi) is 3.89. The Morgan fingerprint density at radius 2 is 2.11 bits per heavy atom. The number of nitrogens with zero attached hydrogens (tertiary/aromatic N) is 1. The molecule has 2 rings (SSSR count). The van der Waals surface area contributed by atoms with Crippen molar-refractivity contribution in [2.45, 2.75) is 20.0 Å². The third-order valence-electron chi connectivity index (χ3n) is 2.68. The lowest BCUT2D eigenvalue weighted by Gasteiger charge is -2.07. The molecule has 0 bridgehead atoms. The lowest BCUT2D eigenvalue weighted by molar-refractivity contribution is 0.467. The predicted molar refractivity (Wildman–Crippen MR) is 67.6 cm³/mol. The molecule has 0 unspecified atom stereocenters. The van der Waals surface area contributed by atoms with Crippen molar-refractivity contribution in [1.82, 2.24) is 10.3 Å². The summed E-state index contributed by atoms with van der Waals surface area (Å²) in [4.78, 5) is 4.26. The van der Waals surface area contributed by atoms with Crippen molar-refractivity contribution in [3.8, 4) is 5.75 Å². The van der Waals surface area contributed by atoms with E-state index in [0.29, 0.717) is 18.7 Å². The number of phenols is 1. The van der Waals surface area contributed by atoms with E-state index in [9.17, 15) is 9.50 Å². The second-order valence-electron chi connectivity index (χ2n) is 4.19. The van der Waals surface area contributed by atoms with Crippen LogP contribution in [0.3, 0.4) is 0 Å². The molecule has 0 saturated heterocycles. The minimum atomic E-state index is -0.430. The van der Waals surface area contributed by atoms with E-state index in [0.717, 1.165) is 17.3 Å². The Morgan fingerprint density at radius 3 is 2.83 bits per heavy atom. The zero-order valence-corrected chi connectivity index (χ0v) is 10.2. The molecule has 1 aromatic carbocycles. The van der Waals surface area contributed by atoms with Crippen LogP contribution in [0.4, 0.5) is 4.39 Å². The average Bonchev–Trinajstić information content (AvgIpc) is 2.30. The lowest BCUT2D eigenvalue weighted by atomic mass is 10.2. The summed E-state index contributed by atoms with van der Waals surface area (Å²) in [5, 5.41) is 12.4. The van der Waals surface area contributed by atoms with Crippen LogP contribution in [0.5, 0.6) is 5.75 Å². The van der Waals surface area contributed by atoms with Gasteiger partial charge in [-0.3, -0.25) is 4.98 Å². The summed E-state index contributed by atoms with van der Waals surface area (Å²) in [7, 11) is 0. The highest BCUT2D eigenvalue weighted by atomic mass is 19.1. The summed E-state index contributed by atoms with van der Waals surface area (Å²) >= 11 is 0. The summed E-state index contributed by atoms with van der Waals surface area (Å²) in [6, 6.07) is 7.92. The molecule has 0 aliphatic heterocycles. The number of nitrogens with one attached hydrogen (secondary N) is 1. The molecule has 0 aliphatic carbocycles. The van der Waals surface area contributed by atoms with Gasteiger partial charge in [-0.15, -0.1) is 0 Å². The van der Waals surface area contributed by atoms with Crippen molar-refractivity contribution >= 4 is 0 Å². The van der Waals surface area contributed by atoms with Gasteiger partial charge in [0.15, 0.2) is 0 Å². The number of rotatable bonds is 4. The molecule has 2 aromatic rings. The Morgan fingerprint density at radius 1 is 1.28 bits per heavy atom. The van der Waals surface area contributed by atoms with Gasteiger partial charge in [0.1, 0.15) is 11.6 Å². The van der Waals surface area contributed by atoms with Gasteiger partial charge in [0.05, 0.1) is 5.69 Å². The quantitative estimate of drug-likeness (QED) is 0.871. The zero-order chi connectivity index (χ0) is 13.0. The summed E-state index contributed by atoms with van der Waals surface area (Å²) in [6.07, 6.45) is 1.75. The van der Waals surface area contributed by atoms with Crippen LogP contribution in [-0.2, 0) is 13.1 Å². The van der Waals surface area contributed by atoms with E-state index in [4.69, 9.17) is 0 Å². The lowest BCUT2D eigenvalue weighted by Crippen LogP contribution is -2.14. The molecular weight excluding hydrogens is 231 g/mol. The molecule has 2 N–H and O–H groups in total. The van der Waals surface area contributed by atoms with Crippen molar-refractivity contribution in [2.24, 2.45) is 0 Å². The van der Waals surface area contributed by atoms with Gasteiger partial charge in [-0.05, 0) is 36.2 Å². The molecule has 1 aromatic heterocycles. The van der Waals surface area contributed by atoms with Crippen LogP contribution >= 0.6 is 0 Å². The number of hydrogen-bond acceptors (Lipinski definition) is 3. The zero-order valence-electron chi connectivity index (χ0n) is 10.2. The number of aryl methyl sites for hydroxylation is 1. The number of hydrogen-bond donors (Lipinski definition) is 2. The number of aromatic nitrogens is 1. The van der Waals surface area contributed by atoms with E-state index in [1.807, 2.05) is 19.1 Å². The molecule has 0 spiro atoms. The smallest absolute Gasteiger partial charge is 0.127 e. The maximum absolute atomic E-state index is 13.0. The first kappa shape index (κ1) is 12.5. The standard InChI is InChI=1S/C14H15FN2O/c1-10-3-2-4-17-14(10)9-16-8-11-5-12(15)7-13(18)6-11/h2-7,16,18H,8-9H2,1H3. The van der Waals surface area contributed by atoms with Crippen LogP contribution in [0.15, 0.2) is 36.5 Å². The minimum Gasteiger partial charge on any atom is -0.508 e. The maximum atomic E-state index is 13.0. The van der Waals surface area contributed by atoms with Crippen molar-refractivity contribution in [1.29, 1.82) is 0 Å². The van der Waals surface area contributed by atoms with Crippen molar-refractivity contribution in [2.75, 3.05) is 0 Å². The van der Waals surface area contributed by atoms with Crippen LogP contribution in [0.25, 0.3) is 0 Å². The molecule has 0 fully saturated rings. The van der Waals surface area contributed by atoms with Crippen LogP contribution in [0, 0.1) is 12.7 Å².